The molecular formula is C19H20N2O3. The Labute approximate surface area is 140 Å². The van der Waals surface area contributed by atoms with Crippen LogP contribution in [0.2, 0.25) is 0 Å². The molecule has 4 rings (SSSR count). The smallest absolute Gasteiger partial charge is 0.227 e. The first-order chi connectivity index (χ1) is 11.6. The fourth-order valence-corrected chi connectivity index (χ4v) is 3.08. The van der Waals surface area contributed by atoms with E-state index >= 15 is 0 Å². The van der Waals surface area contributed by atoms with E-state index in [-0.39, 0.29) is 17.7 Å². The highest BCUT2D eigenvalue weighted by Crippen LogP contribution is 2.32. The fraction of sp³-hybridized carbons (Fsp3) is 0.368. The van der Waals surface area contributed by atoms with Crippen molar-refractivity contribution in [3.05, 3.63) is 41.7 Å². The average Bonchev–Trinajstić information content (AvgIpc) is 3.33. The van der Waals surface area contributed by atoms with Crippen molar-refractivity contribution >= 4 is 17.5 Å². The first kappa shape index (κ1) is 15.0. The molecule has 2 aliphatic rings. The number of hydrogen-bond donors (Lipinski definition) is 1. The second kappa shape index (κ2) is 5.82. The topological polar surface area (TPSA) is 62.6 Å². The molecule has 1 aliphatic heterocycles. The van der Waals surface area contributed by atoms with Crippen LogP contribution >= 0.6 is 0 Å². The van der Waals surface area contributed by atoms with Gasteiger partial charge in [-0.05, 0) is 31.0 Å². The molecule has 1 fully saturated rings. The number of amides is 2. The van der Waals surface area contributed by atoms with Crippen LogP contribution in [-0.4, -0.2) is 23.3 Å². The third kappa shape index (κ3) is 2.94. The van der Waals surface area contributed by atoms with Crippen LogP contribution in [0.4, 0.5) is 5.69 Å². The summed E-state index contributed by atoms with van der Waals surface area (Å²) in [6, 6.07) is 9.73. The highest BCUT2D eigenvalue weighted by Gasteiger charge is 2.29. The van der Waals surface area contributed by atoms with E-state index in [4.69, 9.17) is 4.42 Å². The number of carbonyl (C=O) groups is 2. The molecule has 1 N–H and O–H groups in total. The van der Waals surface area contributed by atoms with Crippen molar-refractivity contribution in [1.29, 1.82) is 0 Å². The largest absolute Gasteiger partial charge is 0.461 e. The quantitative estimate of drug-likeness (QED) is 0.943. The molecule has 0 unspecified atom stereocenters. The lowest BCUT2D eigenvalue weighted by Gasteiger charge is -2.24. The molecule has 1 aliphatic carbocycles. The predicted octanol–water partition coefficient (Wildman–Crippen LogP) is 3.20. The molecule has 1 aromatic carbocycles. The fourth-order valence-electron chi connectivity index (χ4n) is 3.08. The van der Waals surface area contributed by atoms with Crippen LogP contribution in [-0.2, 0) is 22.6 Å². The molecule has 5 heteroatoms. The van der Waals surface area contributed by atoms with Gasteiger partial charge in [0.15, 0.2) is 0 Å². The number of furan rings is 1. The van der Waals surface area contributed by atoms with Gasteiger partial charge in [-0.25, -0.2) is 0 Å². The number of nitrogens with zero attached hydrogens (tertiary/aromatic N) is 1. The van der Waals surface area contributed by atoms with Gasteiger partial charge in [0.2, 0.25) is 11.8 Å². The summed E-state index contributed by atoms with van der Waals surface area (Å²) >= 11 is 0. The van der Waals surface area contributed by atoms with Gasteiger partial charge in [0, 0.05) is 49.2 Å². The van der Waals surface area contributed by atoms with Crippen molar-refractivity contribution in [3.63, 3.8) is 0 Å². The molecule has 0 saturated heterocycles. The summed E-state index contributed by atoms with van der Waals surface area (Å²) < 4.78 is 5.99. The Morgan fingerprint density at radius 1 is 1.25 bits per heavy atom. The van der Waals surface area contributed by atoms with E-state index in [9.17, 15) is 9.59 Å². The van der Waals surface area contributed by atoms with Crippen molar-refractivity contribution in [2.75, 3.05) is 11.9 Å². The Morgan fingerprint density at radius 2 is 2.08 bits per heavy atom. The summed E-state index contributed by atoms with van der Waals surface area (Å²) in [6.07, 6.45) is 2.72. The first-order valence-corrected chi connectivity index (χ1v) is 8.38. The maximum atomic E-state index is 11.9. The summed E-state index contributed by atoms with van der Waals surface area (Å²) in [5, 5.41) is 2.96. The van der Waals surface area contributed by atoms with Gasteiger partial charge in [-0.3, -0.25) is 9.59 Å². The SMILES string of the molecule is CC(=O)N1CCc2oc(-c3cccc(NC(=O)C4CC4)c3)cc2C1. The molecular weight excluding hydrogens is 304 g/mol. The first-order valence-electron chi connectivity index (χ1n) is 8.38. The summed E-state index contributed by atoms with van der Waals surface area (Å²) in [6.45, 7) is 2.90. The molecule has 1 aromatic heterocycles. The highest BCUT2D eigenvalue weighted by molar-refractivity contribution is 5.94. The molecule has 24 heavy (non-hydrogen) atoms. The second-order valence-corrected chi connectivity index (χ2v) is 6.59. The van der Waals surface area contributed by atoms with Crippen LogP contribution < -0.4 is 5.32 Å². The summed E-state index contributed by atoms with van der Waals surface area (Å²) in [7, 11) is 0. The van der Waals surface area contributed by atoms with Gasteiger partial charge in [-0.2, -0.15) is 0 Å². The Morgan fingerprint density at radius 3 is 2.83 bits per heavy atom. The van der Waals surface area contributed by atoms with Crippen LogP contribution in [0.25, 0.3) is 11.3 Å². The van der Waals surface area contributed by atoms with Gasteiger partial charge in [-0.1, -0.05) is 12.1 Å². The zero-order valence-electron chi connectivity index (χ0n) is 13.7. The Hall–Kier alpha value is -2.56. The third-order valence-corrected chi connectivity index (χ3v) is 4.67. The van der Waals surface area contributed by atoms with E-state index in [0.29, 0.717) is 13.1 Å². The van der Waals surface area contributed by atoms with E-state index in [1.165, 1.54) is 0 Å². The lowest BCUT2D eigenvalue weighted by Crippen LogP contribution is -2.33. The number of carbonyl (C=O) groups excluding carboxylic acids is 2. The van der Waals surface area contributed by atoms with E-state index in [1.807, 2.05) is 35.2 Å². The standard InChI is InChI=1S/C19H20N2O3/c1-12(22)21-8-7-17-15(11-21)10-18(24-17)14-3-2-4-16(9-14)20-19(23)13-5-6-13/h2-4,9-10,13H,5-8,11H2,1H3,(H,20,23). The number of nitrogens with one attached hydrogen (secondary N) is 1. The maximum Gasteiger partial charge on any atom is 0.227 e. The number of fused-ring (bicyclic) bond motifs is 1. The maximum absolute atomic E-state index is 11.9. The molecule has 2 heterocycles. The second-order valence-electron chi connectivity index (χ2n) is 6.59. The predicted molar refractivity (Wildman–Crippen MR) is 90.3 cm³/mol. The molecule has 0 spiro atoms. The van der Waals surface area contributed by atoms with Gasteiger partial charge in [0.25, 0.3) is 0 Å². The van der Waals surface area contributed by atoms with Gasteiger partial charge < -0.3 is 14.6 Å². The van der Waals surface area contributed by atoms with Crippen molar-refractivity contribution in [1.82, 2.24) is 4.90 Å². The van der Waals surface area contributed by atoms with Crippen molar-refractivity contribution in [3.8, 4) is 11.3 Å². The van der Waals surface area contributed by atoms with Crippen molar-refractivity contribution < 1.29 is 14.0 Å². The van der Waals surface area contributed by atoms with Gasteiger partial charge in [-0.15, -0.1) is 0 Å². The molecule has 0 atom stereocenters. The van der Waals surface area contributed by atoms with Crippen LogP contribution in [0.5, 0.6) is 0 Å². The monoisotopic (exact) mass is 324 g/mol. The summed E-state index contributed by atoms with van der Waals surface area (Å²) in [5.74, 6) is 2.11. The number of anilines is 1. The number of rotatable bonds is 3. The van der Waals surface area contributed by atoms with Crippen LogP contribution in [0.3, 0.4) is 0 Å². The van der Waals surface area contributed by atoms with Crippen LogP contribution in [0.15, 0.2) is 34.7 Å². The van der Waals surface area contributed by atoms with Crippen molar-refractivity contribution in [2.45, 2.75) is 32.7 Å². The molecule has 2 aromatic rings. The summed E-state index contributed by atoms with van der Waals surface area (Å²) in [4.78, 5) is 25.3. The van der Waals surface area contributed by atoms with Crippen LogP contribution in [0, 0.1) is 5.92 Å². The minimum absolute atomic E-state index is 0.0909. The Bertz CT molecular complexity index is 805. The number of benzene rings is 1. The normalized spacial score (nSPS) is 16.6. The van der Waals surface area contributed by atoms with Gasteiger partial charge in [0.05, 0.1) is 0 Å². The zero-order chi connectivity index (χ0) is 16.7. The van der Waals surface area contributed by atoms with Crippen molar-refractivity contribution in [2.24, 2.45) is 5.92 Å². The molecule has 5 nitrogen and oxygen atoms in total. The average molecular weight is 324 g/mol. The zero-order valence-corrected chi connectivity index (χ0v) is 13.7. The van der Waals surface area contributed by atoms with E-state index in [0.717, 1.165) is 47.6 Å². The lowest BCUT2D eigenvalue weighted by molar-refractivity contribution is -0.129. The van der Waals surface area contributed by atoms with Gasteiger partial charge >= 0.3 is 0 Å². The minimum atomic E-state index is 0.0909. The molecule has 124 valence electrons. The third-order valence-electron chi connectivity index (χ3n) is 4.67. The Balaban J connectivity index is 1.56. The van der Waals surface area contributed by atoms with Crippen LogP contribution in [0.1, 0.15) is 31.1 Å². The molecule has 2 amide bonds. The molecule has 1 saturated carbocycles. The van der Waals surface area contributed by atoms with E-state index in [1.54, 1.807) is 6.92 Å². The Kier molecular flexibility index (Phi) is 3.63. The van der Waals surface area contributed by atoms with Gasteiger partial charge in [0.1, 0.15) is 11.5 Å². The molecule has 0 bridgehead atoms. The lowest BCUT2D eigenvalue weighted by atomic mass is 10.1. The van der Waals surface area contributed by atoms with E-state index in [2.05, 4.69) is 5.32 Å². The summed E-state index contributed by atoms with van der Waals surface area (Å²) in [5.41, 5.74) is 2.80. The number of hydrogen-bond acceptors (Lipinski definition) is 3. The highest BCUT2D eigenvalue weighted by atomic mass is 16.3. The minimum Gasteiger partial charge on any atom is -0.461 e. The molecule has 0 radical (unpaired) electrons. The van der Waals surface area contributed by atoms with E-state index < -0.39 is 0 Å².